The smallest absolute Gasteiger partial charge is 0.177 e. The average Bonchev–Trinajstić information content (AvgIpc) is 3.36. The maximum atomic E-state index is 11.3. The van der Waals surface area contributed by atoms with Crippen LogP contribution in [0, 0.1) is 11.3 Å². The maximum absolute atomic E-state index is 11.3. The van der Waals surface area contributed by atoms with Gasteiger partial charge >= 0.3 is 0 Å². The third kappa shape index (κ3) is 2.28. The molecule has 4 rings (SSSR count). The normalized spacial score (nSPS) is 20.2. The van der Waals surface area contributed by atoms with Crippen molar-refractivity contribution in [3.05, 3.63) is 58.5 Å². The molecule has 0 amide bonds. The first-order valence-electron chi connectivity index (χ1n) is 7.78. The minimum absolute atomic E-state index is 0.494. The number of hydrogen-bond acceptors (Lipinski definition) is 7. The number of aliphatic hydroxyl groups excluding tert-OH is 1. The molecule has 1 N–H and O–H groups in total. The van der Waals surface area contributed by atoms with Crippen LogP contribution in [-0.2, 0) is 12.0 Å². The standard InChI is InChI=1S/C17H14N6OS/c1-2-13-15(23-10-19-8-14(23)25-13)16(24)17(9-20-22-21-17)12-5-3-4-11(6-12)7-18/h3-6,8-10,16,24H,2H2,1H3. The van der Waals surface area contributed by atoms with E-state index in [1.54, 1.807) is 42.1 Å². The predicted molar refractivity (Wildman–Crippen MR) is 93.6 cm³/mol. The van der Waals surface area contributed by atoms with E-state index in [9.17, 15) is 10.4 Å². The molecule has 2 unspecified atom stereocenters. The highest BCUT2D eigenvalue weighted by Gasteiger charge is 2.44. The molecule has 1 aliphatic heterocycles. The van der Waals surface area contributed by atoms with Crippen LogP contribution in [-0.4, -0.2) is 20.7 Å². The molecule has 7 nitrogen and oxygen atoms in total. The monoisotopic (exact) mass is 350 g/mol. The third-order valence-electron chi connectivity index (χ3n) is 4.35. The quantitative estimate of drug-likeness (QED) is 0.782. The number of nitriles is 1. The summed E-state index contributed by atoms with van der Waals surface area (Å²) in [4.78, 5) is 6.17. The lowest BCUT2D eigenvalue weighted by Gasteiger charge is -2.28. The molecule has 0 fully saturated rings. The second-order valence-corrected chi connectivity index (χ2v) is 6.84. The van der Waals surface area contributed by atoms with E-state index >= 15 is 0 Å². The fraction of sp³-hybridized carbons (Fsp3) is 0.235. The van der Waals surface area contributed by atoms with Gasteiger partial charge in [-0.3, -0.25) is 4.40 Å². The molecule has 3 heterocycles. The van der Waals surface area contributed by atoms with Gasteiger partial charge in [0.25, 0.3) is 0 Å². The number of aryl methyl sites for hydroxylation is 1. The predicted octanol–water partition coefficient (Wildman–Crippen LogP) is 3.21. The van der Waals surface area contributed by atoms with Crippen molar-refractivity contribution in [2.24, 2.45) is 15.4 Å². The Labute approximate surface area is 147 Å². The van der Waals surface area contributed by atoms with Crippen LogP contribution in [0.4, 0.5) is 0 Å². The lowest BCUT2D eigenvalue weighted by atomic mass is 9.83. The Morgan fingerprint density at radius 1 is 1.44 bits per heavy atom. The second kappa shape index (κ2) is 5.88. The summed E-state index contributed by atoms with van der Waals surface area (Å²) in [6.07, 6.45) is 4.77. The lowest BCUT2D eigenvalue weighted by molar-refractivity contribution is 0.116. The number of imidazole rings is 1. The Morgan fingerprint density at radius 2 is 2.32 bits per heavy atom. The Hall–Kier alpha value is -2.89. The molecule has 1 aliphatic rings. The Bertz CT molecular complexity index is 1030. The largest absolute Gasteiger partial charge is 0.383 e. The van der Waals surface area contributed by atoms with Crippen molar-refractivity contribution >= 4 is 22.4 Å². The zero-order valence-electron chi connectivity index (χ0n) is 13.4. The zero-order valence-corrected chi connectivity index (χ0v) is 14.2. The van der Waals surface area contributed by atoms with E-state index in [1.807, 2.05) is 17.4 Å². The molecule has 2 atom stereocenters. The summed E-state index contributed by atoms with van der Waals surface area (Å²) < 4.78 is 1.88. The van der Waals surface area contributed by atoms with Gasteiger partial charge in [-0.15, -0.1) is 21.6 Å². The van der Waals surface area contributed by atoms with E-state index in [0.717, 1.165) is 21.8 Å². The van der Waals surface area contributed by atoms with Crippen LogP contribution < -0.4 is 0 Å². The molecule has 2 aromatic heterocycles. The average molecular weight is 350 g/mol. The Kier molecular flexibility index (Phi) is 3.67. The number of aromatic nitrogens is 2. The van der Waals surface area contributed by atoms with Crippen LogP contribution in [0.2, 0.25) is 0 Å². The van der Waals surface area contributed by atoms with Crippen LogP contribution in [0.15, 0.2) is 52.2 Å². The van der Waals surface area contributed by atoms with Gasteiger partial charge in [0, 0.05) is 4.88 Å². The van der Waals surface area contributed by atoms with Gasteiger partial charge in [0.1, 0.15) is 17.3 Å². The summed E-state index contributed by atoms with van der Waals surface area (Å²) >= 11 is 1.59. The van der Waals surface area contributed by atoms with Gasteiger partial charge in [-0.05, 0) is 29.3 Å². The minimum Gasteiger partial charge on any atom is -0.383 e. The van der Waals surface area contributed by atoms with Crippen LogP contribution in [0.5, 0.6) is 0 Å². The molecule has 124 valence electrons. The van der Waals surface area contributed by atoms with Gasteiger partial charge in [0.15, 0.2) is 5.54 Å². The molecular formula is C17H14N6OS. The zero-order chi connectivity index (χ0) is 17.4. The highest BCUT2D eigenvalue weighted by molar-refractivity contribution is 7.17. The Balaban J connectivity index is 1.92. The highest BCUT2D eigenvalue weighted by atomic mass is 32.1. The molecule has 0 spiro atoms. The fourth-order valence-corrected chi connectivity index (χ4v) is 4.16. The summed E-state index contributed by atoms with van der Waals surface area (Å²) in [6.45, 7) is 2.04. The van der Waals surface area contributed by atoms with Crippen molar-refractivity contribution in [1.82, 2.24) is 9.38 Å². The van der Waals surface area contributed by atoms with Crippen molar-refractivity contribution < 1.29 is 5.11 Å². The SMILES string of the molecule is CCc1sc2cncn2c1C(O)C1(c2cccc(C#N)c2)C=NN=N1. The molecule has 3 aromatic rings. The van der Waals surface area contributed by atoms with Crippen molar-refractivity contribution in [2.45, 2.75) is 25.0 Å². The first-order valence-corrected chi connectivity index (χ1v) is 8.60. The number of aliphatic hydroxyl groups is 1. The fourth-order valence-electron chi connectivity index (χ4n) is 3.09. The number of rotatable bonds is 4. The van der Waals surface area contributed by atoms with Crippen molar-refractivity contribution in [3.8, 4) is 6.07 Å². The first kappa shape index (κ1) is 15.6. The lowest BCUT2D eigenvalue weighted by Crippen LogP contribution is -2.33. The Morgan fingerprint density at radius 3 is 3.04 bits per heavy atom. The number of nitrogens with zero attached hydrogens (tertiary/aromatic N) is 6. The van der Waals surface area contributed by atoms with E-state index in [2.05, 4.69) is 26.5 Å². The van der Waals surface area contributed by atoms with Crippen LogP contribution >= 0.6 is 11.3 Å². The minimum atomic E-state index is -1.16. The van der Waals surface area contributed by atoms with Gasteiger partial charge in [-0.25, -0.2) is 4.98 Å². The third-order valence-corrected chi connectivity index (χ3v) is 5.60. The van der Waals surface area contributed by atoms with E-state index in [1.165, 1.54) is 6.21 Å². The van der Waals surface area contributed by atoms with Gasteiger partial charge in [-0.1, -0.05) is 19.1 Å². The maximum Gasteiger partial charge on any atom is 0.177 e. The van der Waals surface area contributed by atoms with Crippen molar-refractivity contribution in [2.75, 3.05) is 0 Å². The van der Waals surface area contributed by atoms with E-state index in [0.29, 0.717) is 11.1 Å². The van der Waals surface area contributed by atoms with Gasteiger partial charge in [-0.2, -0.15) is 5.26 Å². The summed E-state index contributed by atoms with van der Waals surface area (Å²) in [6, 6.07) is 9.13. The number of fused-ring (bicyclic) bond motifs is 1. The van der Waals surface area contributed by atoms with E-state index in [-0.39, 0.29) is 0 Å². The number of benzene rings is 1. The van der Waals surface area contributed by atoms with Gasteiger partial charge < -0.3 is 5.11 Å². The van der Waals surface area contributed by atoms with Crippen molar-refractivity contribution in [3.63, 3.8) is 0 Å². The van der Waals surface area contributed by atoms with Gasteiger partial charge in [0.05, 0.1) is 29.7 Å². The van der Waals surface area contributed by atoms with Crippen LogP contribution in [0.3, 0.4) is 0 Å². The van der Waals surface area contributed by atoms with E-state index in [4.69, 9.17) is 0 Å². The molecule has 0 bridgehead atoms. The molecular weight excluding hydrogens is 336 g/mol. The molecule has 0 radical (unpaired) electrons. The molecule has 25 heavy (non-hydrogen) atoms. The second-order valence-electron chi connectivity index (χ2n) is 5.72. The first-order chi connectivity index (χ1) is 12.2. The summed E-state index contributed by atoms with van der Waals surface area (Å²) in [5.74, 6) is 0. The molecule has 0 saturated heterocycles. The topological polar surface area (TPSA) is 98.4 Å². The summed E-state index contributed by atoms with van der Waals surface area (Å²) in [7, 11) is 0. The van der Waals surface area contributed by atoms with Crippen molar-refractivity contribution in [1.29, 1.82) is 5.26 Å². The van der Waals surface area contributed by atoms with E-state index < -0.39 is 11.6 Å². The number of hydrogen-bond donors (Lipinski definition) is 1. The van der Waals surface area contributed by atoms with Crippen LogP contribution in [0.1, 0.15) is 34.7 Å². The highest BCUT2D eigenvalue weighted by Crippen LogP contribution is 2.43. The summed E-state index contributed by atoms with van der Waals surface area (Å²) in [5, 5.41) is 32.4. The molecule has 1 aromatic carbocycles. The number of thiazole rings is 1. The van der Waals surface area contributed by atoms with Gasteiger partial charge in [0.2, 0.25) is 0 Å². The van der Waals surface area contributed by atoms with Crippen LogP contribution in [0.25, 0.3) is 4.83 Å². The molecule has 0 saturated carbocycles. The molecule has 0 aliphatic carbocycles. The summed E-state index contributed by atoms with van der Waals surface area (Å²) in [5.41, 5.74) is 0.739. The molecule has 8 heteroatoms.